The molecule has 0 aromatic carbocycles. The van der Waals surface area contributed by atoms with Crippen LogP contribution in [0, 0.1) is 23.7 Å². The first kappa shape index (κ1) is 28.8. The Kier molecular flexibility index (Phi) is 10.6. The van der Waals surface area contributed by atoms with Crippen molar-refractivity contribution in [2.75, 3.05) is 14.1 Å². The van der Waals surface area contributed by atoms with Gasteiger partial charge in [-0.05, 0) is 82.0 Å². The maximum absolute atomic E-state index is 10.9. The van der Waals surface area contributed by atoms with Crippen molar-refractivity contribution < 1.29 is 19.8 Å². The fourth-order valence-corrected chi connectivity index (χ4v) is 5.73. The third-order valence-corrected chi connectivity index (χ3v) is 8.27. The summed E-state index contributed by atoms with van der Waals surface area (Å²) in [6.45, 7) is 11.1. The number of oxime groups is 1. The van der Waals surface area contributed by atoms with Crippen molar-refractivity contribution in [2.24, 2.45) is 28.8 Å². The van der Waals surface area contributed by atoms with Crippen LogP contribution in [-0.4, -0.2) is 72.1 Å². The number of aliphatic hydroxyl groups is 1. The van der Waals surface area contributed by atoms with Crippen molar-refractivity contribution in [2.45, 2.75) is 96.9 Å². The molecule has 1 aliphatic carbocycles. The third kappa shape index (κ3) is 7.41. The lowest BCUT2D eigenvalue weighted by Gasteiger charge is -2.41. The van der Waals surface area contributed by atoms with Gasteiger partial charge in [0, 0.05) is 18.7 Å². The first-order valence-electron chi connectivity index (χ1n) is 13.7. The van der Waals surface area contributed by atoms with Gasteiger partial charge >= 0.3 is 0 Å². The zero-order chi connectivity index (χ0) is 26.4. The molecule has 1 saturated heterocycles. The Hall–Kier alpha value is -1.73. The summed E-state index contributed by atoms with van der Waals surface area (Å²) in [6, 6.07) is 0.00819. The van der Waals surface area contributed by atoms with E-state index in [4.69, 9.17) is 14.7 Å². The van der Waals surface area contributed by atoms with Crippen LogP contribution in [0.1, 0.15) is 60.3 Å². The van der Waals surface area contributed by atoms with Gasteiger partial charge in [-0.2, -0.15) is 0 Å². The number of hydrogen-bond acceptors (Lipinski definition) is 6. The van der Waals surface area contributed by atoms with Crippen molar-refractivity contribution in [1.82, 2.24) is 4.90 Å². The van der Waals surface area contributed by atoms with Gasteiger partial charge in [0.2, 0.25) is 0 Å². The SMILES string of the molecule is CC[C@H]1O[C@@H](/C(C)=C/[C@H](C)/C=C/[C@@H]2[C@@H](C)[C@@H]2/C=C/[C@@H]2O[C@H](C/C=N/O)C[C@H](N(C)C)[C@H]2O)CC=C1C. The summed E-state index contributed by atoms with van der Waals surface area (Å²) in [6.07, 6.45) is 17.7. The van der Waals surface area contributed by atoms with E-state index in [9.17, 15) is 5.11 Å². The Morgan fingerprint density at radius 1 is 1.22 bits per heavy atom. The quantitative estimate of drug-likeness (QED) is 0.182. The van der Waals surface area contributed by atoms with Crippen LogP contribution in [0.25, 0.3) is 0 Å². The molecule has 0 aromatic heterocycles. The van der Waals surface area contributed by atoms with Crippen molar-refractivity contribution in [3.05, 3.63) is 47.6 Å². The lowest BCUT2D eigenvalue weighted by Crippen LogP contribution is -2.53. The molecule has 3 aliphatic rings. The lowest BCUT2D eigenvalue weighted by atomic mass is 9.92. The Bertz CT molecular complexity index is 861. The van der Waals surface area contributed by atoms with Gasteiger partial charge in [0.05, 0.1) is 24.4 Å². The lowest BCUT2D eigenvalue weighted by molar-refractivity contribution is -0.125. The van der Waals surface area contributed by atoms with E-state index in [1.54, 1.807) is 0 Å². The van der Waals surface area contributed by atoms with Crippen LogP contribution < -0.4 is 0 Å². The summed E-state index contributed by atoms with van der Waals surface area (Å²) >= 11 is 0. The normalized spacial score (nSPS) is 38.9. The van der Waals surface area contributed by atoms with Gasteiger partial charge in [0.15, 0.2) is 0 Å². The van der Waals surface area contributed by atoms with Gasteiger partial charge in [-0.15, -0.1) is 5.16 Å². The summed E-state index contributed by atoms with van der Waals surface area (Å²) < 4.78 is 12.5. The molecule has 6 heteroatoms. The van der Waals surface area contributed by atoms with Crippen LogP contribution in [0.15, 0.2) is 52.8 Å². The topological polar surface area (TPSA) is 74.5 Å². The molecule has 2 aliphatic heterocycles. The van der Waals surface area contributed by atoms with E-state index >= 15 is 0 Å². The highest BCUT2D eigenvalue weighted by Crippen LogP contribution is 2.48. The van der Waals surface area contributed by atoms with Crippen molar-refractivity contribution in [3.8, 4) is 0 Å². The van der Waals surface area contributed by atoms with Crippen LogP contribution in [-0.2, 0) is 9.47 Å². The Morgan fingerprint density at radius 3 is 2.61 bits per heavy atom. The van der Waals surface area contributed by atoms with Crippen molar-refractivity contribution >= 4 is 6.21 Å². The zero-order valence-corrected chi connectivity index (χ0v) is 23.2. The van der Waals surface area contributed by atoms with Crippen LogP contribution in [0.5, 0.6) is 0 Å². The van der Waals surface area contributed by atoms with E-state index in [2.05, 4.69) is 75.1 Å². The molecule has 2 fully saturated rings. The maximum atomic E-state index is 10.9. The molecule has 36 heavy (non-hydrogen) atoms. The Labute approximate surface area is 218 Å². The molecular formula is C30H48N2O4. The number of likely N-dealkylation sites (N-methyl/N-ethyl adjacent to an activating group) is 1. The predicted molar refractivity (Wildman–Crippen MR) is 146 cm³/mol. The summed E-state index contributed by atoms with van der Waals surface area (Å²) in [7, 11) is 3.97. The molecule has 3 rings (SSSR count). The molecule has 0 spiro atoms. The van der Waals surface area contributed by atoms with Gasteiger partial charge in [0.25, 0.3) is 0 Å². The minimum absolute atomic E-state index is 0.00819. The monoisotopic (exact) mass is 500 g/mol. The summed E-state index contributed by atoms with van der Waals surface area (Å²) in [5.74, 6) is 1.92. The standard InChI is InChI=1S/C30H48N2O4/c1-8-27-20(3)10-13-28(36-27)21(4)17-19(2)9-11-24-22(5)25(24)12-14-29-30(33)26(32(6)7)18-23(35-29)15-16-31-34/h9-12,14,16-17,19,22-30,33-34H,8,13,15,18H2,1-7H3/b11-9+,14-12+,21-17+,31-16+/t19-,22-,23-,24-,25+,26+,27-,28-,29+,30-/m1/s1. The fraction of sp³-hybridized carbons (Fsp3) is 0.700. The molecule has 0 bridgehead atoms. The highest BCUT2D eigenvalue weighted by molar-refractivity contribution is 5.56. The molecule has 2 N–H and O–H groups in total. The number of aliphatic hydroxyl groups excluding tert-OH is 1. The maximum Gasteiger partial charge on any atom is 0.103 e. The minimum Gasteiger partial charge on any atom is -0.411 e. The first-order chi connectivity index (χ1) is 17.2. The van der Waals surface area contributed by atoms with Gasteiger partial charge in [-0.1, -0.05) is 57.2 Å². The highest BCUT2D eigenvalue weighted by atomic mass is 16.5. The van der Waals surface area contributed by atoms with Gasteiger partial charge in [0.1, 0.15) is 6.10 Å². The second-order valence-corrected chi connectivity index (χ2v) is 11.3. The second-order valence-electron chi connectivity index (χ2n) is 11.3. The largest absolute Gasteiger partial charge is 0.411 e. The van der Waals surface area contributed by atoms with E-state index in [0.29, 0.717) is 36.5 Å². The smallest absolute Gasteiger partial charge is 0.103 e. The van der Waals surface area contributed by atoms with Crippen molar-refractivity contribution in [1.29, 1.82) is 0 Å². The van der Waals surface area contributed by atoms with E-state index < -0.39 is 6.10 Å². The van der Waals surface area contributed by atoms with Gasteiger partial charge in [-0.3, -0.25) is 0 Å². The molecule has 2 heterocycles. The van der Waals surface area contributed by atoms with E-state index in [-0.39, 0.29) is 30.5 Å². The third-order valence-electron chi connectivity index (χ3n) is 8.27. The minimum atomic E-state index is -0.581. The number of allylic oxidation sites excluding steroid dienone is 4. The molecular weight excluding hydrogens is 452 g/mol. The molecule has 1 saturated carbocycles. The first-order valence-corrected chi connectivity index (χ1v) is 13.7. The predicted octanol–water partition coefficient (Wildman–Crippen LogP) is 5.38. The summed E-state index contributed by atoms with van der Waals surface area (Å²) in [5.41, 5.74) is 2.67. The van der Waals surface area contributed by atoms with E-state index in [1.807, 2.05) is 20.2 Å². The van der Waals surface area contributed by atoms with Crippen LogP contribution in [0.2, 0.25) is 0 Å². The van der Waals surface area contributed by atoms with Gasteiger partial charge in [-0.25, -0.2) is 0 Å². The van der Waals surface area contributed by atoms with Crippen molar-refractivity contribution in [3.63, 3.8) is 0 Å². The average Bonchev–Trinajstić information content (AvgIpc) is 3.48. The molecule has 202 valence electrons. The molecule has 0 unspecified atom stereocenters. The molecule has 0 radical (unpaired) electrons. The number of nitrogens with zero attached hydrogens (tertiary/aromatic N) is 2. The van der Waals surface area contributed by atoms with Crippen LogP contribution in [0.3, 0.4) is 0 Å². The average molecular weight is 501 g/mol. The molecule has 0 amide bonds. The number of hydrogen-bond donors (Lipinski definition) is 2. The van der Waals surface area contributed by atoms with Gasteiger partial charge < -0.3 is 24.7 Å². The Morgan fingerprint density at radius 2 is 1.94 bits per heavy atom. The fourth-order valence-electron chi connectivity index (χ4n) is 5.73. The summed E-state index contributed by atoms with van der Waals surface area (Å²) in [4.78, 5) is 2.05. The number of rotatable bonds is 10. The second kappa shape index (κ2) is 13.2. The van der Waals surface area contributed by atoms with Crippen LogP contribution in [0.4, 0.5) is 0 Å². The van der Waals surface area contributed by atoms with E-state index in [1.165, 1.54) is 17.4 Å². The highest BCUT2D eigenvalue weighted by Gasteiger charge is 2.43. The molecule has 10 atom stereocenters. The zero-order valence-electron chi connectivity index (χ0n) is 23.2. The Balaban J connectivity index is 1.56. The molecule has 0 aromatic rings. The summed E-state index contributed by atoms with van der Waals surface area (Å²) in [5, 5.41) is 22.8. The van der Waals surface area contributed by atoms with E-state index in [0.717, 1.165) is 12.8 Å². The van der Waals surface area contributed by atoms with Crippen LogP contribution >= 0.6 is 0 Å². The molecule has 6 nitrogen and oxygen atoms in total. The number of ether oxygens (including phenoxy) is 2.